The summed E-state index contributed by atoms with van der Waals surface area (Å²) >= 11 is 0. The maximum atomic E-state index is 13.2. The van der Waals surface area contributed by atoms with Crippen molar-refractivity contribution in [2.45, 2.75) is 123 Å². The van der Waals surface area contributed by atoms with Crippen molar-refractivity contribution in [3.05, 3.63) is 40.5 Å². The predicted octanol–water partition coefficient (Wildman–Crippen LogP) is 4.78. The minimum Gasteiger partial charge on any atom is -0.484 e. The molecule has 1 aliphatic carbocycles. The number of aliphatic hydroxyl groups is 1. The molecule has 3 heterocycles. The number of ketones is 1. The number of piperidine rings is 1. The van der Waals surface area contributed by atoms with Gasteiger partial charge in [0.15, 0.2) is 11.9 Å². The molecule has 6 atom stereocenters. The topological polar surface area (TPSA) is 88.1 Å². The maximum absolute atomic E-state index is 13.2. The summed E-state index contributed by atoms with van der Waals surface area (Å²) in [5.41, 5.74) is 2.49. The molecule has 1 aromatic rings. The third-order valence-corrected chi connectivity index (χ3v) is 9.16. The number of aryl methyl sites for hydroxylation is 2. The molecule has 7 heteroatoms. The zero-order valence-corrected chi connectivity index (χ0v) is 25.5. The van der Waals surface area contributed by atoms with Crippen molar-refractivity contribution in [2.75, 3.05) is 20.1 Å². The molecule has 2 N–H and O–H groups in total. The van der Waals surface area contributed by atoms with E-state index in [2.05, 4.69) is 43.2 Å². The quantitative estimate of drug-likeness (QED) is 0.409. The van der Waals surface area contributed by atoms with Crippen LogP contribution in [-0.2, 0) is 19.7 Å². The van der Waals surface area contributed by atoms with Gasteiger partial charge in [-0.3, -0.25) is 9.59 Å². The zero-order chi connectivity index (χ0) is 29.1. The Morgan fingerprint density at radius 2 is 1.87 bits per heavy atom. The molecule has 0 bridgehead atoms. The number of hydrogen-bond donors (Lipinski definition) is 2. The monoisotopic (exact) mass is 542 g/mol. The second-order valence-corrected chi connectivity index (χ2v) is 11.1. The molecule has 5 rings (SSSR count). The summed E-state index contributed by atoms with van der Waals surface area (Å²) in [6, 6.07) is 3.78. The van der Waals surface area contributed by atoms with Crippen molar-refractivity contribution in [3.8, 4) is 5.75 Å². The van der Waals surface area contributed by atoms with Crippen LogP contribution in [0.2, 0.25) is 0 Å². The van der Waals surface area contributed by atoms with Crippen LogP contribution in [0.4, 0.5) is 0 Å². The van der Waals surface area contributed by atoms with Crippen molar-refractivity contribution in [3.63, 3.8) is 0 Å². The van der Waals surface area contributed by atoms with Gasteiger partial charge < -0.3 is 24.8 Å². The minimum atomic E-state index is -1.02. The molecule has 39 heavy (non-hydrogen) atoms. The number of Topliss-reactive ketones (excluding diaryl/α,β-unsaturated/α-hetero) is 1. The van der Waals surface area contributed by atoms with E-state index >= 15 is 0 Å². The largest absolute Gasteiger partial charge is 0.484 e. The normalized spacial score (nSPS) is 31.5. The highest BCUT2D eigenvalue weighted by Crippen LogP contribution is 2.61. The van der Waals surface area contributed by atoms with Crippen LogP contribution in [-0.4, -0.2) is 71.8 Å². The zero-order valence-electron chi connectivity index (χ0n) is 25.5. The molecule has 1 aromatic carbocycles. The number of likely N-dealkylation sites (N-methyl/N-ethyl adjacent to an activating group) is 1. The van der Waals surface area contributed by atoms with Crippen LogP contribution in [0.25, 0.3) is 0 Å². The SMILES string of the molecule is CC.CC.Cc1ccc(C)c2c1OC1C(CC(=O)C(C)OC(=O)C3CCCN3)=CCC3(O)C(C)N(C)CCC213. The first-order valence-electron chi connectivity index (χ1n) is 15.0. The number of hydrogen-bond acceptors (Lipinski definition) is 7. The first-order valence-corrected chi connectivity index (χ1v) is 15.0. The highest BCUT2D eigenvalue weighted by Gasteiger charge is 2.68. The molecule has 3 aliphatic heterocycles. The van der Waals surface area contributed by atoms with Gasteiger partial charge in [-0.05, 0) is 90.2 Å². The molecule has 0 aromatic heterocycles. The van der Waals surface area contributed by atoms with E-state index in [1.165, 1.54) is 0 Å². The summed E-state index contributed by atoms with van der Waals surface area (Å²) in [6.45, 7) is 17.5. The van der Waals surface area contributed by atoms with Crippen molar-refractivity contribution >= 4 is 11.8 Å². The summed E-state index contributed by atoms with van der Waals surface area (Å²) in [5, 5.41) is 15.5. The van der Waals surface area contributed by atoms with Crippen LogP contribution in [0.3, 0.4) is 0 Å². The molecule has 2 fully saturated rings. The van der Waals surface area contributed by atoms with Gasteiger partial charge in [0.05, 0.1) is 11.0 Å². The number of fused-ring (bicyclic) bond motifs is 1. The molecular weight excluding hydrogens is 492 g/mol. The lowest BCUT2D eigenvalue weighted by atomic mass is 9.53. The van der Waals surface area contributed by atoms with Gasteiger partial charge in [0.1, 0.15) is 17.9 Å². The number of likely N-dealkylation sites (tertiary alicyclic amines) is 1. The predicted molar refractivity (Wildman–Crippen MR) is 155 cm³/mol. The second-order valence-electron chi connectivity index (χ2n) is 11.1. The second kappa shape index (κ2) is 12.5. The van der Waals surface area contributed by atoms with Crippen LogP contribution in [0.15, 0.2) is 23.8 Å². The molecule has 218 valence electrons. The minimum absolute atomic E-state index is 0.0690. The first kappa shape index (κ1) is 31.3. The molecule has 0 radical (unpaired) electrons. The van der Waals surface area contributed by atoms with E-state index in [9.17, 15) is 14.7 Å². The van der Waals surface area contributed by atoms with Gasteiger partial charge in [-0.2, -0.15) is 0 Å². The summed E-state index contributed by atoms with van der Waals surface area (Å²) in [5.74, 6) is 0.348. The Morgan fingerprint density at radius 1 is 1.21 bits per heavy atom. The Labute approximate surface area is 235 Å². The van der Waals surface area contributed by atoms with E-state index in [1.807, 2.05) is 40.7 Å². The van der Waals surface area contributed by atoms with E-state index < -0.39 is 23.2 Å². The molecule has 4 aliphatic rings. The number of esters is 1. The summed E-state index contributed by atoms with van der Waals surface area (Å²) in [4.78, 5) is 27.9. The van der Waals surface area contributed by atoms with Gasteiger partial charge in [-0.1, -0.05) is 45.9 Å². The fourth-order valence-corrected chi connectivity index (χ4v) is 6.90. The average molecular weight is 543 g/mol. The van der Waals surface area contributed by atoms with Crippen LogP contribution in [0, 0.1) is 13.8 Å². The lowest BCUT2D eigenvalue weighted by Crippen LogP contribution is -2.71. The van der Waals surface area contributed by atoms with Crippen molar-refractivity contribution in [1.29, 1.82) is 0 Å². The molecule has 1 spiro atoms. The number of ether oxygens (including phenoxy) is 2. The highest BCUT2D eigenvalue weighted by atomic mass is 16.5. The number of rotatable bonds is 5. The fraction of sp³-hybridized carbons (Fsp3) is 0.688. The van der Waals surface area contributed by atoms with Crippen molar-refractivity contribution in [1.82, 2.24) is 10.2 Å². The van der Waals surface area contributed by atoms with E-state index in [-0.39, 0.29) is 30.3 Å². The highest BCUT2D eigenvalue weighted by molar-refractivity contribution is 5.88. The van der Waals surface area contributed by atoms with Gasteiger partial charge in [0.25, 0.3) is 0 Å². The van der Waals surface area contributed by atoms with Gasteiger partial charge >= 0.3 is 5.97 Å². The molecule has 2 saturated heterocycles. The van der Waals surface area contributed by atoms with Gasteiger partial charge in [0, 0.05) is 18.0 Å². The molecule has 0 saturated carbocycles. The standard InChI is InChI=1S/C28H38N2O5.2C2H6/c1-16-8-9-17(2)24-23(16)27-12-14-30(5)19(4)28(27,33)11-10-20(25(27)35-24)15-22(31)18(3)34-26(32)21-7-6-13-29-21;2*1-2/h8-10,18-19,21,25,29,33H,6-7,11-15H2,1-5H3;2*1-2H3. The molecular formula is C32H50N2O5. The Bertz CT molecular complexity index is 1080. The smallest absolute Gasteiger partial charge is 0.323 e. The third kappa shape index (κ3) is 5.18. The molecule has 6 unspecified atom stereocenters. The number of benzene rings is 1. The Kier molecular flexibility index (Phi) is 10.1. The van der Waals surface area contributed by atoms with E-state index in [4.69, 9.17) is 9.47 Å². The number of nitrogens with zero attached hydrogens (tertiary/aromatic N) is 1. The fourth-order valence-electron chi connectivity index (χ4n) is 6.90. The Balaban J connectivity index is 0.00000100. The molecule has 7 nitrogen and oxygen atoms in total. The van der Waals surface area contributed by atoms with E-state index in [0.29, 0.717) is 6.42 Å². The van der Waals surface area contributed by atoms with Crippen LogP contribution in [0.1, 0.15) is 90.3 Å². The average Bonchev–Trinajstić information content (AvgIpc) is 3.61. The molecule has 0 amide bonds. The Hall–Kier alpha value is -2.22. The lowest BCUT2D eigenvalue weighted by Gasteiger charge is -2.59. The lowest BCUT2D eigenvalue weighted by molar-refractivity contribution is -0.156. The van der Waals surface area contributed by atoms with Gasteiger partial charge in [-0.15, -0.1) is 0 Å². The van der Waals surface area contributed by atoms with Gasteiger partial charge in [-0.25, -0.2) is 0 Å². The van der Waals surface area contributed by atoms with Crippen molar-refractivity contribution < 1.29 is 24.2 Å². The summed E-state index contributed by atoms with van der Waals surface area (Å²) in [7, 11) is 2.06. The van der Waals surface area contributed by atoms with Gasteiger partial charge in [0.2, 0.25) is 0 Å². The number of carbonyl (C=O) groups is 2. The van der Waals surface area contributed by atoms with Crippen molar-refractivity contribution in [2.24, 2.45) is 0 Å². The summed E-state index contributed by atoms with van der Waals surface area (Å²) in [6.07, 6.45) is 3.77. The Morgan fingerprint density at radius 3 is 2.51 bits per heavy atom. The first-order chi connectivity index (χ1) is 18.6. The van der Waals surface area contributed by atoms with E-state index in [1.54, 1.807) is 6.92 Å². The number of carbonyl (C=O) groups excluding carboxylic acids is 2. The maximum Gasteiger partial charge on any atom is 0.323 e. The van der Waals surface area contributed by atoms with Crippen LogP contribution >= 0.6 is 0 Å². The van der Waals surface area contributed by atoms with Crippen LogP contribution in [0.5, 0.6) is 5.75 Å². The number of nitrogens with one attached hydrogen (secondary N) is 1. The summed E-state index contributed by atoms with van der Waals surface area (Å²) < 4.78 is 12.2. The van der Waals surface area contributed by atoms with E-state index in [0.717, 1.165) is 60.4 Å². The van der Waals surface area contributed by atoms with Crippen LogP contribution < -0.4 is 10.1 Å². The third-order valence-electron chi connectivity index (χ3n) is 9.16.